The minimum absolute atomic E-state index is 0.0847. The molecule has 0 aromatic heterocycles. The SMILES string of the molecule is CCS(=O)(=O)Nc1cccc(N2CCC(NCC3CCOCC3)CC2)c1. The number of sulfonamides is 1. The highest BCUT2D eigenvalue weighted by molar-refractivity contribution is 7.92. The van der Waals surface area contributed by atoms with Gasteiger partial charge in [-0.2, -0.15) is 0 Å². The van der Waals surface area contributed by atoms with Crippen LogP contribution in [0.25, 0.3) is 0 Å². The Morgan fingerprint density at radius 1 is 1.15 bits per heavy atom. The average molecular weight is 382 g/mol. The highest BCUT2D eigenvalue weighted by atomic mass is 32.2. The van der Waals surface area contributed by atoms with E-state index in [1.807, 2.05) is 12.1 Å². The van der Waals surface area contributed by atoms with E-state index in [2.05, 4.69) is 21.0 Å². The number of benzene rings is 1. The summed E-state index contributed by atoms with van der Waals surface area (Å²) < 4.78 is 31.6. The van der Waals surface area contributed by atoms with E-state index in [0.29, 0.717) is 11.7 Å². The van der Waals surface area contributed by atoms with Gasteiger partial charge in [0.15, 0.2) is 0 Å². The molecule has 1 aromatic rings. The van der Waals surface area contributed by atoms with Crippen molar-refractivity contribution < 1.29 is 13.2 Å². The molecule has 0 atom stereocenters. The molecule has 1 aromatic carbocycles. The quantitative estimate of drug-likeness (QED) is 0.759. The summed E-state index contributed by atoms with van der Waals surface area (Å²) in [5.41, 5.74) is 1.73. The van der Waals surface area contributed by atoms with Crippen LogP contribution in [0.1, 0.15) is 32.6 Å². The van der Waals surface area contributed by atoms with Gasteiger partial charge in [-0.3, -0.25) is 4.72 Å². The molecule has 26 heavy (non-hydrogen) atoms. The lowest BCUT2D eigenvalue weighted by atomic mass is 9.98. The zero-order chi connectivity index (χ0) is 18.4. The number of piperidine rings is 1. The summed E-state index contributed by atoms with van der Waals surface area (Å²) in [6.07, 6.45) is 4.58. The molecule has 0 unspecified atom stereocenters. The molecule has 3 rings (SSSR count). The van der Waals surface area contributed by atoms with Gasteiger partial charge in [-0.25, -0.2) is 8.42 Å². The largest absolute Gasteiger partial charge is 0.381 e. The Balaban J connectivity index is 1.48. The zero-order valence-electron chi connectivity index (χ0n) is 15.6. The smallest absolute Gasteiger partial charge is 0.232 e. The molecule has 2 aliphatic heterocycles. The molecular formula is C19H31N3O3S. The van der Waals surface area contributed by atoms with E-state index in [9.17, 15) is 8.42 Å². The minimum atomic E-state index is -3.23. The van der Waals surface area contributed by atoms with Crippen LogP contribution in [-0.4, -0.2) is 53.1 Å². The molecule has 0 spiro atoms. The summed E-state index contributed by atoms with van der Waals surface area (Å²) in [7, 11) is -3.23. The first-order valence-corrected chi connectivity index (χ1v) is 11.4. The van der Waals surface area contributed by atoms with Gasteiger partial charge in [-0.05, 0) is 63.3 Å². The molecule has 0 aliphatic carbocycles. The van der Waals surface area contributed by atoms with Gasteiger partial charge in [0.2, 0.25) is 10.0 Å². The van der Waals surface area contributed by atoms with E-state index in [1.54, 1.807) is 13.0 Å². The summed E-state index contributed by atoms with van der Waals surface area (Å²) in [4.78, 5) is 2.34. The maximum Gasteiger partial charge on any atom is 0.232 e. The van der Waals surface area contributed by atoms with Crippen molar-refractivity contribution in [2.24, 2.45) is 5.92 Å². The molecule has 2 N–H and O–H groups in total. The van der Waals surface area contributed by atoms with E-state index in [4.69, 9.17) is 4.74 Å². The summed E-state index contributed by atoms with van der Waals surface area (Å²) in [5.74, 6) is 0.839. The van der Waals surface area contributed by atoms with Gasteiger partial charge in [0.25, 0.3) is 0 Å². The summed E-state index contributed by atoms with van der Waals surface area (Å²) in [5, 5.41) is 3.74. The molecule has 2 aliphatic rings. The van der Waals surface area contributed by atoms with Crippen molar-refractivity contribution in [3.05, 3.63) is 24.3 Å². The summed E-state index contributed by atoms with van der Waals surface area (Å²) >= 11 is 0. The number of ether oxygens (including phenoxy) is 1. The first-order valence-electron chi connectivity index (χ1n) is 9.72. The van der Waals surface area contributed by atoms with E-state index in [-0.39, 0.29) is 5.75 Å². The minimum Gasteiger partial charge on any atom is -0.381 e. The Bertz CT molecular complexity index is 666. The highest BCUT2D eigenvalue weighted by Gasteiger charge is 2.21. The predicted molar refractivity (Wildman–Crippen MR) is 106 cm³/mol. The van der Waals surface area contributed by atoms with Crippen LogP contribution >= 0.6 is 0 Å². The van der Waals surface area contributed by atoms with Crippen LogP contribution in [0, 0.1) is 5.92 Å². The third-order valence-electron chi connectivity index (χ3n) is 5.40. The normalized spacial score (nSPS) is 20.3. The fraction of sp³-hybridized carbons (Fsp3) is 0.684. The number of nitrogens with one attached hydrogen (secondary N) is 2. The van der Waals surface area contributed by atoms with Crippen molar-refractivity contribution in [1.29, 1.82) is 0 Å². The van der Waals surface area contributed by atoms with Crippen molar-refractivity contribution in [1.82, 2.24) is 5.32 Å². The summed E-state index contributed by atoms with van der Waals surface area (Å²) in [6, 6.07) is 8.29. The molecule has 146 valence electrons. The Morgan fingerprint density at radius 2 is 1.88 bits per heavy atom. The lowest BCUT2D eigenvalue weighted by Gasteiger charge is -2.35. The Labute approximate surface area is 157 Å². The average Bonchev–Trinajstić information content (AvgIpc) is 2.67. The lowest BCUT2D eigenvalue weighted by molar-refractivity contribution is 0.0651. The monoisotopic (exact) mass is 381 g/mol. The van der Waals surface area contributed by atoms with Crippen LogP contribution in [-0.2, 0) is 14.8 Å². The highest BCUT2D eigenvalue weighted by Crippen LogP contribution is 2.24. The fourth-order valence-corrected chi connectivity index (χ4v) is 4.27. The Hall–Kier alpha value is -1.31. The topological polar surface area (TPSA) is 70.7 Å². The molecule has 6 nitrogen and oxygen atoms in total. The van der Waals surface area contributed by atoms with Gasteiger partial charge >= 0.3 is 0 Å². The molecule has 7 heteroatoms. The molecule has 2 saturated heterocycles. The maximum atomic E-state index is 11.8. The second-order valence-electron chi connectivity index (χ2n) is 7.28. The molecule has 0 amide bonds. The molecule has 0 radical (unpaired) electrons. The first-order chi connectivity index (χ1) is 12.6. The Kier molecular flexibility index (Phi) is 6.78. The number of nitrogens with zero attached hydrogens (tertiary/aromatic N) is 1. The van der Waals surface area contributed by atoms with Gasteiger partial charge in [-0.1, -0.05) is 6.07 Å². The molecule has 2 fully saturated rings. The molecule has 0 saturated carbocycles. The van der Waals surface area contributed by atoms with Crippen molar-refractivity contribution in [2.45, 2.75) is 38.6 Å². The standard InChI is InChI=1S/C19H31N3O3S/c1-2-26(23,24)21-18-4-3-5-19(14-18)22-10-6-17(7-11-22)20-15-16-8-12-25-13-9-16/h3-5,14,16-17,20-21H,2,6-13,15H2,1H3. The van der Waals surface area contributed by atoms with Crippen LogP contribution in [0.15, 0.2) is 24.3 Å². The van der Waals surface area contributed by atoms with Crippen LogP contribution in [0.5, 0.6) is 0 Å². The van der Waals surface area contributed by atoms with Gasteiger partial charge < -0.3 is 15.0 Å². The van der Waals surface area contributed by atoms with Crippen molar-refractivity contribution in [3.63, 3.8) is 0 Å². The maximum absolute atomic E-state index is 11.8. The number of rotatable bonds is 7. The van der Waals surface area contributed by atoms with Gasteiger partial charge in [0.1, 0.15) is 0 Å². The number of anilines is 2. The fourth-order valence-electron chi connectivity index (χ4n) is 3.64. The molecule has 2 heterocycles. The molecular weight excluding hydrogens is 350 g/mol. The van der Waals surface area contributed by atoms with E-state index < -0.39 is 10.0 Å². The van der Waals surface area contributed by atoms with Gasteiger partial charge in [0.05, 0.1) is 11.4 Å². The lowest BCUT2D eigenvalue weighted by Crippen LogP contribution is -2.44. The molecule has 0 bridgehead atoms. The van der Waals surface area contributed by atoms with Crippen molar-refractivity contribution >= 4 is 21.4 Å². The van der Waals surface area contributed by atoms with E-state index in [1.165, 1.54) is 12.8 Å². The second kappa shape index (κ2) is 9.06. The van der Waals surface area contributed by atoms with Crippen molar-refractivity contribution in [3.8, 4) is 0 Å². The second-order valence-corrected chi connectivity index (χ2v) is 9.29. The van der Waals surface area contributed by atoms with E-state index in [0.717, 1.165) is 57.3 Å². The number of hydrogen-bond donors (Lipinski definition) is 2. The first kappa shape index (κ1) is 19.5. The number of hydrogen-bond acceptors (Lipinski definition) is 5. The van der Waals surface area contributed by atoms with Gasteiger partial charge in [0, 0.05) is 38.0 Å². The third-order valence-corrected chi connectivity index (χ3v) is 6.70. The Morgan fingerprint density at radius 3 is 2.58 bits per heavy atom. The predicted octanol–water partition coefficient (Wildman–Crippen LogP) is 2.43. The van der Waals surface area contributed by atoms with Crippen LogP contribution < -0.4 is 14.9 Å². The van der Waals surface area contributed by atoms with Crippen LogP contribution in [0.4, 0.5) is 11.4 Å². The van der Waals surface area contributed by atoms with Crippen LogP contribution in [0.3, 0.4) is 0 Å². The van der Waals surface area contributed by atoms with Gasteiger partial charge in [-0.15, -0.1) is 0 Å². The zero-order valence-corrected chi connectivity index (χ0v) is 16.4. The van der Waals surface area contributed by atoms with Crippen LogP contribution in [0.2, 0.25) is 0 Å². The van der Waals surface area contributed by atoms with Crippen molar-refractivity contribution in [2.75, 3.05) is 48.2 Å². The third kappa shape index (κ3) is 5.59. The summed E-state index contributed by atoms with van der Waals surface area (Å²) in [6.45, 7) is 6.54. The van der Waals surface area contributed by atoms with E-state index >= 15 is 0 Å².